The quantitative estimate of drug-likeness (QED) is 0.791. The lowest BCUT2D eigenvalue weighted by molar-refractivity contribution is -0.124. The maximum Gasteiger partial charge on any atom is 0.241 e. The van der Waals surface area contributed by atoms with Crippen LogP contribution < -0.4 is 9.64 Å². The first-order chi connectivity index (χ1) is 11.8. The summed E-state index contributed by atoms with van der Waals surface area (Å²) in [5.74, 6) is 0.502. The Hall–Kier alpha value is -1.31. The zero-order valence-corrected chi connectivity index (χ0v) is 16.2. The van der Waals surface area contributed by atoms with E-state index in [0.717, 1.165) is 6.42 Å². The molecule has 1 aromatic carbocycles. The Labute approximate surface area is 153 Å². The van der Waals surface area contributed by atoms with Gasteiger partial charge in [0.15, 0.2) is 9.84 Å². The van der Waals surface area contributed by atoms with Crippen molar-refractivity contribution >= 4 is 33.0 Å². The van der Waals surface area contributed by atoms with Crippen LogP contribution in [0.4, 0.5) is 5.69 Å². The van der Waals surface area contributed by atoms with Crippen LogP contribution in [-0.4, -0.2) is 62.5 Å². The zero-order valence-electron chi connectivity index (χ0n) is 14.6. The molecule has 0 aromatic heterocycles. The Balaban J connectivity index is 2.00. The fourth-order valence-corrected chi connectivity index (χ4v) is 5.98. The summed E-state index contributed by atoms with van der Waals surface area (Å²) in [5, 5.41) is 0.398. The maximum atomic E-state index is 12.9. The zero-order chi connectivity index (χ0) is 18.4. The van der Waals surface area contributed by atoms with Crippen LogP contribution >= 0.6 is 11.6 Å². The molecule has 6 nitrogen and oxygen atoms in total. The third-order valence-corrected chi connectivity index (χ3v) is 7.20. The molecule has 2 fully saturated rings. The molecule has 0 radical (unpaired) electrons. The first-order valence-electron chi connectivity index (χ1n) is 8.39. The number of hydrogen-bond donors (Lipinski definition) is 0. The number of fused-ring (bicyclic) bond motifs is 1. The van der Waals surface area contributed by atoms with E-state index in [9.17, 15) is 13.2 Å². The summed E-state index contributed by atoms with van der Waals surface area (Å²) in [5.41, 5.74) is 0.617. The Kier molecular flexibility index (Phi) is 5.01. The smallest absolute Gasteiger partial charge is 0.241 e. The highest BCUT2D eigenvalue weighted by Gasteiger charge is 2.50. The molecule has 3 atom stereocenters. The topological polar surface area (TPSA) is 66.9 Å². The Bertz CT molecular complexity index is 783. The second-order valence-corrected chi connectivity index (χ2v) is 9.28. The predicted molar refractivity (Wildman–Crippen MR) is 98.2 cm³/mol. The molecule has 0 N–H and O–H groups in total. The fourth-order valence-electron chi connectivity index (χ4n) is 3.77. The van der Waals surface area contributed by atoms with Crippen LogP contribution in [0.15, 0.2) is 18.2 Å². The normalized spacial score (nSPS) is 27.2. The Morgan fingerprint density at radius 3 is 2.60 bits per heavy atom. The number of carbonyl (C=O) groups excluding carboxylic acids is 1. The molecule has 2 aliphatic rings. The molecule has 25 heavy (non-hydrogen) atoms. The largest absolute Gasteiger partial charge is 0.495 e. The summed E-state index contributed by atoms with van der Waals surface area (Å²) in [6.07, 6.45) is 0.866. The first kappa shape index (κ1) is 18.5. The molecule has 2 saturated heterocycles. The van der Waals surface area contributed by atoms with Crippen molar-refractivity contribution in [3.63, 3.8) is 0 Å². The van der Waals surface area contributed by atoms with Crippen LogP contribution in [0.2, 0.25) is 5.02 Å². The van der Waals surface area contributed by atoms with Gasteiger partial charge in [0.25, 0.3) is 0 Å². The van der Waals surface area contributed by atoms with Gasteiger partial charge in [-0.1, -0.05) is 18.5 Å². The van der Waals surface area contributed by atoms with Crippen LogP contribution in [0.5, 0.6) is 5.75 Å². The number of nitrogens with zero attached hydrogens (tertiary/aromatic N) is 2. The first-order valence-corrected chi connectivity index (χ1v) is 10.6. The van der Waals surface area contributed by atoms with Gasteiger partial charge in [-0.25, -0.2) is 8.42 Å². The summed E-state index contributed by atoms with van der Waals surface area (Å²) in [4.78, 5) is 16.5. The molecule has 0 spiro atoms. The summed E-state index contributed by atoms with van der Waals surface area (Å²) >= 11 is 6.21. The molecule has 8 heteroatoms. The lowest BCUT2D eigenvalue weighted by atomic mass is 10.00. The van der Waals surface area contributed by atoms with Gasteiger partial charge in [-0.05, 0) is 31.5 Å². The summed E-state index contributed by atoms with van der Waals surface area (Å²) in [6, 6.07) is 4.71. The van der Waals surface area contributed by atoms with Gasteiger partial charge in [0.1, 0.15) is 5.75 Å². The number of carbonyl (C=O) groups is 1. The highest BCUT2D eigenvalue weighted by atomic mass is 35.5. The average Bonchev–Trinajstić information content (AvgIpc) is 2.88. The van der Waals surface area contributed by atoms with Crippen molar-refractivity contribution in [2.45, 2.75) is 38.4 Å². The standard InChI is InChI=1S/C17H23ClN2O4S/c1-4-11(2)19-8-17(21)20(15-10-25(22,23)9-14(15)19)12-5-6-16(24-3)13(18)7-12/h5-7,11,14-15H,4,8-10H2,1-3H3/t11-,14-,15+/m0/s1. The third kappa shape index (κ3) is 3.37. The van der Waals surface area contributed by atoms with Crippen LogP contribution in [0.25, 0.3) is 0 Å². The van der Waals surface area contributed by atoms with Gasteiger partial charge in [-0.3, -0.25) is 9.69 Å². The molecule has 2 heterocycles. The molecular weight excluding hydrogens is 364 g/mol. The van der Waals surface area contributed by atoms with E-state index in [-0.39, 0.29) is 42.1 Å². The third-order valence-electron chi connectivity index (χ3n) is 5.21. The molecule has 0 saturated carbocycles. The van der Waals surface area contributed by atoms with E-state index in [1.54, 1.807) is 23.1 Å². The second kappa shape index (κ2) is 6.78. The van der Waals surface area contributed by atoms with E-state index in [1.165, 1.54) is 7.11 Å². The minimum Gasteiger partial charge on any atom is -0.495 e. The number of anilines is 1. The number of benzene rings is 1. The molecule has 1 amide bonds. The van der Waals surface area contributed by atoms with Crippen molar-refractivity contribution < 1.29 is 17.9 Å². The van der Waals surface area contributed by atoms with Gasteiger partial charge < -0.3 is 9.64 Å². The number of ether oxygens (including phenoxy) is 1. The number of amides is 1. The SMILES string of the molecule is CC[C@H](C)N1CC(=O)N(c2ccc(OC)c(Cl)c2)[C@@H]2CS(=O)(=O)C[C@@H]21. The second-order valence-electron chi connectivity index (χ2n) is 6.72. The van der Waals surface area contributed by atoms with E-state index < -0.39 is 9.84 Å². The van der Waals surface area contributed by atoms with Crippen molar-refractivity contribution in [3.05, 3.63) is 23.2 Å². The molecule has 0 unspecified atom stereocenters. The van der Waals surface area contributed by atoms with Gasteiger partial charge in [0, 0.05) is 17.8 Å². The van der Waals surface area contributed by atoms with E-state index in [0.29, 0.717) is 16.5 Å². The van der Waals surface area contributed by atoms with Crippen molar-refractivity contribution in [1.29, 1.82) is 0 Å². The van der Waals surface area contributed by atoms with E-state index in [1.807, 2.05) is 18.7 Å². The van der Waals surface area contributed by atoms with Crippen molar-refractivity contribution in [3.8, 4) is 5.75 Å². The molecule has 0 aliphatic carbocycles. The molecule has 1 aromatic rings. The maximum absolute atomic E-state index is 12.9. The van der Waals surface area contributed by atoms with Crippen molar-refractivity contribution in [2.75, 3.05) is 30.1 Å². The van der Waals surface area contributed by atoms with Gasteiger partial charge in [0.2, 0.25) is 5.91 Å². The minimum atomic E-state index is -3.18. The van der Waals surface area contributed by atoms with Crippen LogP contribution in [0.1, 0.15) is 20.3 Å². The molecule has 138 valence electrons. The number of piperazine rings is 1. The fraction of sp³-hybridized carbons (Fsp3) is 0.588. The van der Waals surface area contributed by atoms with E-state index in [2.05, 4.69) is 0 Å². The highest BCUT2D eigenvalue weighted by Crippen LogP contribution is 2.36. The van der Waals surface area contributed by atoms with Crippen LogP contribution in [0, 0.1) is 0 Å². The number of rotatable bonds is 4. The lowest BCUT2D eigenvalue weighted by Gasteiger charge is -2.45. The Morgan fingerprint density at radius 2 is 2.00 bits per heavy atom. The average molecular weight is 387 g/mol. The lowest BCUT2D eigenvalue weighted by Crippen LogP contribution is -2.63. The molecular formula is C17H23ClN2O4S. The summed E-state index contributed by atoms with van der Waals surface area (Å²) in [6.45, 7) is 4.30. The van der Waals surface area contributed by atoms with Gasteiger partial charge >= 0.3 is 0 Å². The summed E-state index contributed by atoms with van der Waals surface area (Å²) in [7, 11) is -1.66. The van der Waals surface area contributed by atoms with E-state index in [4.69, 9.17) is 16.3 Å². The van der Waals surface area contributed by atoms with Gasteiger partial charge in [-0.2, -0.15) is 0 Å². The number of sulfone groups is 1. The van der Waals surface area contributed by atoms with Gasteiger partial charge in [-0.15, -0.1) is 0 Å². The molecule has 0 bridgehead atoms. The van der Waals surface area contributed by atoms with Crippen LogP contribution in [0.3, 0.4) is 0 Å². The van der Waals surface area contributed by atoms with E-state index >= 15 is 0 Å². The minimum absolute atomic E-state index is 0.0139. The number of hydrogen-bond acceptors (Lipinski definition) is 5. The summed E-state index contributed by atoms with van der Waals surface area (Å²) < 4.78 is 29.7. The monoisotopic (exact) mass is 386 g/mol. The number of methoxy groups -OCH3 is 1. The molecule has 2 aliphatic heterocycles. The van der Waals surface area contributed by atoms with Crippen molar-refractivity contribution in [2.24, 2.45) is 0 Å². The van der Waals surface area contributed by atoms with Crippen LogP contribution in [-0.2, 0) is 14.6 Å². The Morgan fingerprint density at radius 1 is 1.32 bits per heavy atom. The highest BCUT2D eigenvalue weighted by molar-refractivity contribution is 7.91. The molecule has 3 rings (SSSR count). The van der Waals surface area contributed by atoms with Crippen molar-refractivity contribution in [1.82, 2.24) is 4.90 Å². The van der Waals surface area contributed by atoms with Gasteiger partial charge in [0.05, 0.1) is 36.2 Å². The predicted octanol–water partition coefficient (Wildman–Crippen LogP) is 1.96. The number of halogens is 1.